The van der Waals surface area contributed by atoms with Crippen LogP contribution < -0.4 is 0 Å². The largest absolute Gasteiger partial charge is 0.393 e. The Morgan fingerprint density at radius 3 is 2.59 bits per heavy atom. The van der Waals surface area contributed by atoms with Gasteiger partial charge in [0, 0.05) is 6.61 Å². The smallest absolute Gasteiger partial charge is 0.0577 e. The van der Waals surface area contributed by atoms with E-state index in [9.17, 15) is 5.11 Å². The second-order valence-electron chi connectivity index (χ2n) is 5.42. The molecular formula is C15H30O2. The van der Waals surface area contributed by atoms with E-state index in [0.29, 0.717) is 6.10 Å². The zero-order chi connectivity index (χ0) is 12.3. The van der Waals surface area contributed by atoms with Crippen molar-refractivity contribution in [3.63, 3.8) is 0 Å². The van der Waals surface area contributed by atoms with Crippen molar-refractivity contribution in [3.05, 3.63) is 0 Å². The fourth-order valence-electron chi connectivity index (χ4n) is 2.55. The number of rotatable bonds is 10. The summed E-state index contributed by atoms with van der Waals surface area (Å²) in [5.41, 5.74) is 0. The van der Waals surface area contributed by atoms with E-state index in [4.69, 9.17) is 4.74 Å². The second-order valence-corrected chi connectivity index (χ2v) is 5.42. The van der Waals surface area contributed by atoms with Crippen molar-refractivity contribution in [1.82, 2.24) is 0 Å². The van der Waals surface area contributed by atoms with Gasteiger partial charge in [0.25, 0.3) is 0 Å². The van der Waals surface area contributed by atoms with E-state index < -0.39 is 0 Å². The standard InChI is InChI=1S/C15H30O2/c1-2-3-4-5-6-7-9-14(16)11-12-15-10-8-13-17-15/h14-16H,2-13H2,1H3. The molecule has 0 bridgehead atoms. The predicted molar refractivity (Wildman–Crippen MR) is 72.2 cm³/mol. The van der Waals surface area contributed by atoms with E-state index in [2.05, 4.69) is 6.92 Å². The van der Waals surface area contributed by atoms with E-state index in [0.717, 1.165) is 25.9 Å². The van der Waals surface area contributed by atoms with Crippen LogP contribution in [0.15, 0.2) is 0 Å². The summed E-state index contributed by atoms with van der Waals surface area (Å²) < 4.78 is 5.56. The minimum absolute atomic E-state index is 0.0922. The van der Waals surface area contributed by atoms with Crippen molar-refractivity contribution in [1.29, 1.82) is 0 Å². The summed E-state index contributed by atoms with van der Waals surface area (Å²) in [6.45, 7) is 3.17. The predicted octanol–water partition coefficient (Wildman–Crippen LogP) is 4.06. The molecule has 1 aliphatic heterocycles. The van der Waals surface area contributed by atoms with E-state index in [1.165, 1.54) is 51.4 Å². The van der Waals surface area contributed by atoms with Gasteiger partial charge in [-0.15, -0.1) is 0 Å². The summed E-state index contributed by atoms with van der Waals surface area (Å²) in [5, 5.41) is 9.86. The molecule has 1 rings (SSSR count). The van der Waals surface area contributed by atoms with Crippen LogP contribution >= 0.6 is 0 Å². The van der Waals surface area contributed by atoms with Crippen LogP contribution in [0.5, 0.6) is 0 Å². The molecule has 1 saturated heterocycles. The molecule has 0 aromatic carbocycles. The first-order valence-corrected chi connectivity index (χ1v) is 7.62. The Labute approximate surface area is 107 Å². The van der Waals surface area contributed by atoms with Gasteiger partial charge < -0.3 is 9.84 Å². The lowest BCUT2D eigenvalue weighted by atomic mass is 10.0. The molecule has 1 aliphatic rings. The minimum Gasteiger partial charge on any atom is -0.393 e. The monoisotopic (exact) mass is 242 g/mol. The number of aliphatic hydroxyl groups excluding tert-OH is 1. The fraction of sp³-hybridized carbons (Fsp3) is 1.00. The highest BCUT2D eigenvalue weighted by Gasteiger charge is 2.16. The molecule has 2 unspecified atom stereocenters. The normalized spacial score (nSPS) is 21.9. The van der Waals surface area contributed by atoms with Gasteiger partial charge in [-0.25, -0.2) is 0 Å². The third kappa shape index (κ3) is 7.77. The van der Waals surface area contributed by atoms with Gasteiger partial charge in [-0.05, 0) is 32.1 Å². The van der Waals surface area contributed by atoms with Gasteiger partial charge in [0.2, 0.25) is 0 Å². The molecule has 0 aliphatic carbocycles. The van der Waals surface area contributed by atoms with Crippen LogP contribution in [0.3, 0.4) is 0 Å². The average Bonchev–Trinajstić information content (AvgIpc) is 2.84. The van der Waals surface area contributed by atoms with E-state index in [-0.39, 0.29) is 6.10 Å². The fourth-order valence-corrected chi connectivity index (χ4v) is 2.55. The lowest BCUT2D eigenvalue weighted by Gasteiger charge is -2.13. The molecule has 2 nitrogen and oxygen atoms in total. The number of hydrogen-bond acceptors (Lipinski definition) is 2. The van der Waals surface area contributed by atoms with Gasteiger partial charge in [0.05, 0.1) is 12.2 Å². The van der Waals surface area contributed by atoms with Crippen molar-refractivity contribution in [3.8, 4) is 0 Å². The van der Waals surface area contributed by atoms with Crippen LogP contribution in [-0.2, 0) is 4.74 Å². The molecule has 17 heavy (non-hydrogen) atoms. The molecule has 2 heteroatoms. The summed E-state index contributed by atoms with van der Waals surface area (Å²) in [6.07, 6.45) is 13.6. The maximum absolute atomic E-state index is 9.86. The maximum atomic E-state index is 9.86. The van der Waals surface area contributed by atoms with E-state index >= 15 is 0 Å². The van der Waals surface area contributed by atoms with E-state index in [1.54, 1.807) is 0 Å². The van der Waals surface area contributed by atoms with Crippen molar-refractivity contribution < 1.29 is 9.84 Å². The molecule has 1 fully saturated rings. The Bertz CT molecular complexity index is 164. The molecule has 1 heterocycles. The van der Waals surface area contributed by atoms with Gasteiger partial charge in [-0.1, -0.05) is 45.4 Å². The molecule has 0 aromatic rings. The zero-order valence-electron chi connectivity index (χ0n) is 11.5. The Kier molecular flexibility index (Phi) is 8.72. The van der Waals surface area contributed by atoms with E-state index in [1.807, 2.05) is 0 Å². The van der Waals surface area contributed by atoms with Crippen molar-refractivity contribution in [2.45, 2.75) is 89.8 Å². The molecule has 0 spiro atoms. The summed E-state index contributed by atoms with van der Waals surface area (Å²) in [7, 11) is 0. The molecule has 0 radical (unpaired) electrons. The molecular weight excluding hydrogens is 212 g/mol. The lowest BCUT2D eigenvalue weighted by Crippen LogP contribution is -2.12. The highest BCUT2D eigenvalue weighted by atomic mass is 16.5. The Hall–Kier alpha value is -0.0800. The second kappa shape index (κ2) is 9.90. The molecule has 0 amide bonds. The van der Waals surface area contributed by atoms with Gasteiger partial charge in [-0.3, -0.25) is 0 Å². The number of hydrogen-bond donors (Lipinski definition) is 1. The minimum atomic E-state index is -0.0922. The van der Waals surface area contributed by atoms with Gasteiger partial charge in [-0.2, -0.15) is 0 Å². The van der Waals surface area contributed by atoms with Crippen LogP contribution in [0.2, 0.25) is 0 Å². The molecule has 2 atom stereocenters. The first-order valence-electron chi connectivity index (χ1n) is 7.62. The van der Waals surface area contributed by atoms with Crippen LogP contribution in [0.25, 0.3) is 0 Å². The van der Waals surface area contributed by atoms with Crippen molar-refractivity contribution in [2.24, 2.45) is 0 Å². The molecule has 102 valence electrons. The Morgan fingerprint density at radius 1 is 1.12 bits per heavy atom. The van der Waals surface area contributed by atoms with Crippen LogP contribution in [0.4, 0.5) is 0 Å². The van der Waals surface area contributed by atoms with Crippen LogP contribution in [0, 0.1) is 0 Å². The first kappa shape index (κ1) is 15.0. The average molecular weight is 242 g/mol. The SMILES string of the molecule is CCCCCCCCC(O)CCC1CCCO1. The third-order valence-corrected chi connectivity index (χ3v) is 3.74. The summed E-state index contributed by atoms with van der Waals surface area (Å²) >= 11 is 0. The lowest BCUT2D eigenvalue weighted by molar-refractivity contribution is 0.0782. The summed E-state index contributed by atoms with van der Waals surface area (Å²) in [6, 6.07) is 0. The van der Waals surface area contributed by atoms with Crippen LogP contribution in [-0.4, -0.2) is 23.9 Å². The maximum Gasteiger partial charge on any atom is 0.0577 e. The highest BCUT2D eigenvalue weighted by Crippen LogP contribution is 2.19. The molecule has 0 aromatic heterocycles. The quantitative estimate of drug-likeness (QED) is 0.585. The van der Waals surface area contributed by atoms with Crippen molar-refractivity contribution >= 4 is 0 Å². The molecule has 0 saturated carbocycles. The number of aliphatic hydroxyl groups is 1. The number of ether oxygens (including phenoxy) is 1. The highest BCUT2D eigenvalue weighted by molar-refractivity contribution is 4.67. The zero-order valence-corrected chi connectivity index (χ0v) is 11.5. The van der Waals surface area contributed by atoms with Gasteiger partial charge in [0.1, 0.15) is 0 Å². The van der Waals surface area contributed by atoms with Gasteiger partial charge in [0.15, 0.2) is 0 Å². The van der Waals surface area contributed by atoms with Gasteiger partial charge >= 0.3 is 0 Å². The topological polar surface area (TPSA) is 29.5 Å². The summed E-state index contributed by atoms with van der Waals surface area (Å²) in [4.78, 5) is 0. The Morgan fingerprint density at radius 2 is 1.88 bits per heavy atom. The summed E-state index contributed by atoms with van der Waals surface area (Å²) in [5.74, 6) is 0. The van der Waals surface area contributed by atoms with Crippen molar-refractivity contribution in [2.75, 3.05) is 6.61 Å². The first-order chi connectivity index (χ1) is 8.33. The number of unbranched alkanes of at least 4 members (excludes halogenated alkanes) is 5. The Balaban J connectivity index is 1.85. The molecule has 1 N–H and O–H groups in total. The third-order valence-electron chi connectivity index (χ3n) is 3.74. The van der Waals surface area contributed by atoms with Crippen LogP contribution in [0.1, 0.15) is 77.6 Å².